The number of carbonyl (C=O) groups is 6. The van der Waals surface area contributed by atoms with Gasteiger partial charge in [0.2, 0.25) is 11.8 Å². The molecular weight excluding hydrogens is 815 g/mol. The third kappa shape index (κ3) is 16.1. The Bertz CT molecular complexity index is 1960. The fraction of sp³-hybridized carbons (Fsp3) is 0.467. The number of ether oxygens (including phenoxy) is 5. The number of alkyl carbamates (subject to hydrolysis) is 2. The van der Waals surface area contributed by atoms with Crippen molar-refractivity contribution in [2.24, 2.45) is 11.7 Å². The first kappa shape index (κ1) is 49.3. The highest BCUT2D eigenvalue weighted by molar-refractivity contribution is 5.98. The number of amides is 7. The van der Waals surface area contributed by atoms with Crippen molar-refractivity contribution in [2.75, 3.05) is 58.4 Å². The number of anilines is 1. The Morgan fingerprint density at radius 3 is 1.86 bits per heavy atom. The number of carbonyl (C=O) groups excluding carboxylic acids is 6. The number of benzene rings is 3. The minimum atomic E-state index is -1.05. The Labute approximate surface area is 368 Å². The molecule has 63 heavy (non-hydrogen) atoms. The second-order valence-electron chi connectivity index (χ2n) is 16.1. The van der Waals surface area contributed by atoms with Crippen LogP contribution in [-0.4, -0.2) is 112 Å². The number of urea groups is 1. The van der Waals surface area contributed by atoms with Gasteiger partial charge < -0.3 is 56.0 Å². The van der Waals surface area contributed by atoms with Gasteiger partial charge in [-0.05, 0) is 68.4 Å². The van der Waals surface area contributed by atoms with Crippen LogP contribution in [0.2, 0.25) is 0 Å². The fourth-order valence-corrected chi connectivity index (χ4v) is 6.70. The molecule has 342 valence electrons. The Hall–Kier alpha value is -6.40. The van der Waals surface area contributed by atoms with Crippen LogP contribution in [0.15, 0.2) is 72.8 Å². The summed E-state index contributed by atoms with van der Waals surface area (Å²) in [6, 6.07) is 19.2. The van der Waals surface area contributed by atoms with E-state index in [0.29, 0.717) is 44.0 Å². The molecule has 0 heterocycles. The Morgan fingerprint density at radius 2 is 1.30 bits per heavy atom. The third-order valence-corrected chi connectivity index (χ3v) is 9.60. The molecule has 0 unspecified atom stereocenters. The van der Waals surface area contributed by atoms with Crippen molar-refractivity contribution in [2.45, 2.75) is 77.9 Å². The van der Waals surface area contributed by atoms with Crippen LogP contribution in [0.25, 0.3) is 11.1 Å². The summed E-state index contributed by atoms with van der Waals surface area (Å²) >= 11 is 0. The Kier molecular flexibility index (Phi) is 19.0. The standard InChI is InChI=1S/C45H61N7O11/c1-29(2)37(52(6)44(58)62-38-34-14-9-7-12-32(34)33-13-8-10-15-35(33)38)40(54)51-36(16-11-21-47-41(46)55)39(53)50-31-19-17-30(18-20-31)28-61-42(56)48-22-24-59-26-27-60-25-23-49-43(57)63-45(3,4)5/h7-10,12-15,17-20,29,36-38H,11,16,21-28H2,1-6H3,(H,48,56)(H,49,57)(H,50,53)(H,51,54)(H3,46,47,55)/t36-,37-/m0/s1. The Morgan fingerprint density at radius 1 is 0.730 bits per heavy atom. The van der Waals surface area contributed by atoms with Crippen molar-refractivity contribution in [3.05, 3.63) is 89.5 Å². The number of nitrogens with one attached hydrogen (secondary N) is 5. The van der Waals surface area contributed by atoms with Crippen LogP contribution in [0.4, 0.5) is 24.9 Å². The van der Waals surface area contributed by atoms with E-state index in [4.69, 9.17) is 29.4 Å². The lowest BCUT2D eigenvalue weighted by molar-refractivity contribution is -0.131. The summed E-state index contributed by atoms with van der Waals surface area (Å²) in [5.74, 6) is -1.45. The van der Waals surface area contributed by atoms with Crippen molar-refractivity contribution < 1.29 is 52.5 Å². The predicted octanol–water partition coefficient (Wildman–Crippen LogP) is 5.21. The van der Waals surface area contributed by atoms with Crippen molar-refractivity contribution in [3.8, 4) is 11.1 Å². The lowest BCUT2D eigenvalue weighted by Crippen LogP contribution is -2.55. The smallest absolute Gasteiger partial charge is 0.411 e. The largest absolute Gasteiger partial charge is 0.445 e. The molecule has 0 aromatic heterocycles. The molecule has 1 aliphatic carbocycles. The zero-order valence-corrected chi connectivity index (χ0v) is 36.8. The number of nitrogens with two attached hydrogens (primary N) is 1. The average molecular weight is 876 g/mol. The highest BCUT2D eigenvalue weighted by Gasteiger charge is 2.37. The molecule has 0 saturated carbocycles. The van der Waals surface area contributed by atoms with Gasteiger partial charge in [-0.1, -0.05) is 74.5 Å². The fourth-order valence-electron chi connectivity index (χ4n) is 6.70. The molecule has 7 amide bonds. The first-order valence-corrected chi connectivity index (χ1v) is 20.9. The molecule has 3 aromatic carbocycles. The van der Waals surface area contributed by atoms with Crippen molar-refractivity contribution in [1.82, 2.24) is 26.2 Å². The topological polar surface area (TPSA) is 238 Å². The molecule has 0 saturated heterocycles. The van der Waals surface area contributed by atoms with Crippen molar-refractivity contribution in [3.63, 3.8) is 0 Å². The van der Waals surface area contributed by atoms with E-state index in [2.05, 4.69) is 26.6 Å². The first-order chi connectivity index (χ1) is 30.0. The maximum atomic E-state index is 13.9. The molecule has 7 N–H and O–H groups in total. The predicted molar refractivity (Wildman–Crippen MR) is 234 cm³/mol. The van der Waals surface area contributed by atoms with Gasteiger partial charge in [-0.15, -0.1) is 0 Å². The number of likely N-dealkylation sites (N-methyl/N-ethyl adjacent to an activating group) is 1. The SMILES string of the molecule is CC(C)[C@@H](C(=O)N[C@@H](CCCNC(N)=O)C(=O)Nc1ccc(COC(=O)NCCOCCOCCNC(=O)OC(C)(C)C)cc1)N(C)C(=O)OC1c2ccccc2-c2ccccc21. The third-order valence-electron chi connectivity index (χ3n) is 9.60. The van der Waals surface area contributed by atoms with E-state index in [1.54, 1.807) is 58.9 Å². The van der Waals surface area contributed by atoms with Crippen molar-refractivity contribution >= 4 is 41.8 Å². The molecule has 18 heteroatoms. The molecule has 0 aliphatic heterocycles. The lowest BCUT2D eigenvalue weighted by atomic mass is 10.0. The lowest BCUT2D eigenvalue weighted by Gasteiger charge is -2.32. The van der Waals surface area contributed by atoms with Crippen LogP contribution in [0.3, 0.4) is 0 Å². The summed E-state index contributed by atoms with van der Waals surface area (Å²) in [7, 11) is 1.49. The number of primary amides is 1. The van der Waals surface area contributed by atoms with Gasteiger partial charge in [-0.3, -0.25) is 14.5 Å². The second kappa shape index (κ2) is 24.3. The molecule has 3 aromatic rings. The van der Waals surface area contributed by atoms with E-state index in [1.165, 1.54) is 11.9 Å². The van der Waals surface area contributed by atoms with Gasteiger partial charge in [0.05, 0.1) is 26.4 Å². The van der Waals surface area contributed by atoms with E-state index in [1.807, 2.05) is 48.5 Å². The highest BCUT2D eigenvalue weighted by atomic mass is 16.6. The summed E-state index contributed by atoms with van der Waals surface area (Å²) in [6.07, 6.45) is -2.07. The van der Waals surface area contributed by atoms with Gasteiger partial charge in [0.15, 0.2) is 6.10 Å². The van der Waals surface area contributed by atoms with Gasteiger partial charge in [0, 0.05) is 43.5 Å². The molecule has 0 radical (unpaired) electrons. The number of fused-ring (bicyclic) bond motifs is 3. The number of hydrogen-bond donors (Lipinski definition) is 6. The number of rotatable bonds is 22. The quantitative estimate of drug-likeness (QED) is 0.0566. The molecular formula is C45H61N7O11. The van der Waals surface area contributed by atoms with Crippen LogP contribution in [-0.2, 0) is 39.9 Å². The zero-order chi connectivity index (χ0) is 45.9. The summed E-state index contributed by atoms with van der Waals surface area (Å²) < 4.78 is 27.3. The summed E-state index contributed by atoms with van der Waals surface area (Å²) in [5.41, 5.74) is 9.35. The first-order valence-electron chi connectivity index (χ1n) is 20.9. The highest BCUT2D eigenvalue weighted by Crippen LogP contribution is 2.45. The van der Waals surface area contributed by atoms with Gasteiger partial charge in [0.1, 0.15) is 24.3 Å². The van der Waals surface area contributed by atoms with Gasteiger partial charge in [0.25, 0.3) is 0 Å². The van der Waals surface area contributed by atoms with Gasteiger partial charge in [-0.2, -0.15) is 0 Å². The van der Waals surface area contributed by atoms with Gasteiger partial charge in [-0.25, -0.2) is 19.2 Å². The maximum absolute atomic E-state index is 13.9. The zero-order valence-electron chi connectivity index (χ0n) is 36.8. The van der Waals surface area contributed by atoms with Gasteiger partial charge >= 0.3 is 24.3 Å². The minimum absolute atomic E-state index is 0.0378. The van der Waals surface area contributed by atoms with Crippen LogP contribution in [0, 0.1) is 5.92 Å². The van der Waals surface area contributed by atoms with E-state index in [0.717, 1.165) is 22.3 Å². The van der Waals surface area contributed by atoms with E-state index in [9.17, 15) is 28.8 Å². The molecule has 1 aliphatic rings. The van der Waals surface area contributed by atoms with Crippen LogP contribution >= 0.6 is 0 Å². The molecule has 0 fully saturated rings. The molecule has 18 nitrogen and oxygen atoms in total. The summed E-state index contributed by atoms with van der Waals surface area (Å²) in [4.78, 5) is 77.7. The molecule has 0 bridgehead atoms. The van der Waals surface area contributed by atoms with Crippen LogP contribution in [0.5, 0.6) is 0 Å². The van der Waals surface area contributed by atoms with E-state index >= 15 is 0 Å². The Balaban J connectivity index is 1.23. The summed E-state index contributed by atoms with van der Waals surface area (Å²) in [6.45, 7) is 10.7. The molecule has 2 atom stereocenters. The van der Waals surface area contributed by atoms with E-state index < -0.39 is 59.9 Å². The summed E-state index contributed by atoms with van der Waals surface area (Å²) in [5, 5.41) is 13.3. The average Bonchev–Trinajstić information content (AvgIpc) is 3.54. The number of hydrogen-bond acceptors (Lipinski definition) is 11. The van der Waals surface area contributed by atoms with Crippen molar-refractivity contribution in [1.29, 1.82) is 0 Å². The minimum Gasteiger partial charge on any atom is -0.445 e. The molecule has 4 rings (SSSR count). The molecule has 0 spiro atoms. The normalized spacial score (nSPS) is 12.8. The second-order valence-corrected chi connectivity index (χ2v) is 16.1. The van der Waals surface area contributed by atoms with Crippen LogP contribution in [0.1, 0.15) is 70.3 Å². The maximum Gasteiger partial charge on any atom is 0.411 e. The van der Waals surface area contributed by atoms with Crippen LogP contribution < -0.4 is 32.3 Å². The van der Waals surface area contributed by atoms with E-state index in [-0.39, 0.29) is 38.6 Å². The monoisotopic (exact) mass is 875 g/mol. The number of nitrogens with zero attached hydrogens (tertiary/aromatic N) is 1.